The van der Waals surface area contributed by atoms with Crippen molar-refractivity contribution in [2.45, 2.75) is 0 Å². The van der Waals surface area contributed by atoms with Crippen LogP contribution in [0.2, 0.25) is 0 Å². The Morgan fingerprint density at radius 3 is 2.30 bits per heavy atom. The maximum atomic E-state index is 13.0. The van der Waals surface area contributed by atoms with Crippen LogP contribution in [0.4, 0.5) is 5.69 Å². The molecule has 136 valence electrons. The van der Waals surface area contributed by atoms with E-state index in [2.05, 4.69) is 16.8 Å². The van der Waals surface area contributed by atoms with Crippen molar-refractivity contribution in [2.75, 3.05) is 38.1 Å². The number of hydrogen-bond acceptors (Lipinski definition) is 5. The smallest absolute Gasteiger partial charge is 0.369 e. The van der Waals surface area contributed by atoms with Crippen LogP contribution in [0.1, 0.15) is 5.69 Å². The fourth-order valence-corrected chi connectivity index (χ4v) is 3.49. The van der Waals surface area contributed by atoms with E-state index in [0.717, 1.165) is 31.9 Å². The van der Waals surface area contributed by atoms with Gasteiger partial charge in [0, 0.05) is 44.0 Å². The zero-order valence-corrected chi connectivity index (χ0v) is 15.0. The van der Waals surface area contributed by atoms with Gasteiger partial charge in [-0.15, -0.1) is 4.73 Å². The minimum atomic E-state index is -0.195. The third kappa shape index (κ3) is 2.90. The highest BCUT2D eigenvalue weighted by molar-refractivity contribution is 5.76. The highest BCUT2D eigenvalue weighted by Crippen LogP contribution is 2.24. The van der Waals surface area contributed by atoms with Gasteiger partial charge in [0.2, 0.25) is 0 Å². The van der Waals surface area contributed by atoms with E-state index in [1.165, 1.54) is 0 Å². The van der Waals surface area contributed by atoms with Gasteiger partial charge >= 0.3 is 11.4 Å². The molecule has 1 fully saturated rings. The first kappa shape index (κ1) is 17.1. The highest BCUT2D eigenvalue weighted by atomic mass is 16.5. The molecule has 3 aromatic rings. The van der Waals surface area contributed by atoms with Crippen LogP contribution in [0, 0.1) is 21.7 Å². The van der Waals surface area contributed by atoms with Gasteiger partial charge in [0.1, 0.15) is 0 Å². The second-order valence-corrected chi connectivity index (χ2v) is 6.73. The maximum absolute atomic E-state index is 13.0. The van der Waals surface area contributed by atoms with E-state index in [9.17, 15) is 15.7 Å². The summed E-state index contributed by atoms with van der Waals surface area (Å²) >= 11 is 0. The lowest BCUT2D eigenvalue weighted by Gasteiger charge is -2.33. The maximum Gasteiger partial charge on any atom is 0.369 e. The lowest BCUT2D eigenvalue weighted by atomic mass is 10.1. The van der Waals surface area contributed by atoms with E-state index in [1.54, 1.807) is 36.4 Å². The Bertz CT molecular complexity index is 1040. The van der Waals surface area contributed by atoms with Gasteiger partial charge in [-0.3, -0.25) is 0 Å². The molecule has 0 bridgehead atoms. The summed E-state index contributed by atoms with van der Waals surface area (Å²) in [5.41, 5.74) is 1.76. The predicted molar refractivity (Wildman–Crippen MR) is 102 cm³/mol. The summed E-state index contributed by atoms with van der Waals surface area (Å²) in [4.78, 5) is 4.43. The Morgan fingerprint density at radius 2 is 1.63 bits per heavy atom. The summed E-state index contributed by atoms with van der Waals surface area (Å²) in [6.07, 6.45) is 0. The Hall–Kier alpha value is -3.37. The quantitative estimate of drug-likeness (QED) is 0.509. The predicted octanol–water partition coefficient (Wildman–Crippen LogP) is 1.40. The van der Waals surface area contributed by atoms with Gasteiger partial charge in [-0.2, -0.15) is 9.99 Å². The molecule has 0 unspecified atom stereocenters. The molecule has 1 aliphatic rings. The van der Waals surface area contributed by atoms with E-state index in [0.29, 0.717) is 15.0 Å². The first-order chi connectivity index (χ1) is 13.1. The fourth-order valence-electron chi connectivity index (χ4n) is 3.49. The van der Waals surface area contributed by atoms with Gasteiger partial charge in [0.15, 0.2) is 6.07 Å². The molecule has 4 rings (SSSR count). The number of hydrogen-bond donors (Lipinski definition) is 0. The van der Waals surface area contributed by atoms with Crippen molar-refractivity contribution in [1.29, 1.82) is 5.26 Å². The van der Waals surface area contributed by atoms with Gasteiger partial charge < -0.3 is 20.2 Å². The van der Waals surface area contributed by atoms with E-state index in [4.69, 9.17) is 0 Å². The van der Waals surface area contributed by atoms with Gasteiger partial charge in [-0.1, -0.05) is 18.2 Å². The van der Waals surface area contributed by atoms with Crippen LogP contribution in [0.3, 0.4) is 0 Å². The van der Waals surface area contributed by atoms with Crippen LogP contribution in [0.15, 0.2) is 48.5 Å². The largest absolute Gasteiger partial charge is 0.617 e. The molecule has 2 heterocycles. The summed E-state index contributed by atoms with van der Waals surface area (Å²) in [5.74, 6) is 0. The Labute approximate surface area is 157 Å². The normalized spacial score (nSPS) is 15.0. The molecule has 1 saturated heterocycles. The van der Waals surface area contributed by atoms with Crippen LogP contribution in [0.25, 0.3) is 22.3 Å². The highest BCUT2D eigenvalue weighted by Gasteiger charge is 2.30. The topological polar surface area (TPSA) is 84.2 Å². The third-order valence-corrected chi connectivity index (χ3v) is 5.05. The van der Waals surface area contributed by atoms with Crippen LogP contribution in [0.5, 0.6) is 0 Å². The van der Waals surface area contributed by atoms with Crippen molar-refractivity contribution in [3.05, 3.63) is 64.6 Å². The van der Waals surface area contributed by atoms with Crippen LogP contribution in [-0.2, 0) is 0 Å². The molecule has 7 nitrogen and oxygen atoms in total. The molecular weight excluding hydrogens is 342 g/mol. The standard InChI is InChI=1S/C20H19N5O2/c1-22-9-11-23(12-10-22)16-7-8-17-18(13-16)24(26)19(14-21)20(25(17)27)15-5-3-2-4-6-15/h2-8,13H,9-12H2,1H3. The van der Waals surface area contributed by atoms with E-state index in [1.807, 2.05) is 18.2 Å². The van der Waals surface area contributed by atoms with Gasteiger partial charge in [0.25, 0.3) is 11.0 Å². The van der Waals surface area contributed by atoms with Gasteiger partial charge in [0.05, 0.1) is 5.56 Å². The average Bonchev–Trinajstić information content (AvgIpc) is 2.71. The Morgan fingerprint density at radius 1 is 0.926 bits per heavy atom. The fraction of sp³-hybridized carbons (Fsp3) is 0.250. The van der Waals surface area contributed by atoms with Crippen LogP contribution in [-0.4, -0.2) is 38.1 Å². The van der Waals surface area contributed by atoms with Crippen molar-refractivity contribution in [1.82, 2.24) is 4.90 Å². The molecule has 0 saturated carbocycles. The third-order valence-electron chi connectivity index (χ3n) is 5.05. The van der Waals surface area contributed by atoms with Gasteiger partial charge in [-0.05, 0) is 25.2 Å². The second kappa shape index (κ2) is 6.74. The summed E-state index contributed by atoms with van der Waals surface area (Å²) in [6, 6.07) is 15.9. The minimum absolute atomic E-state index is 0.0768. The van der Waals surface area contributed by atoms with Crippen molar-refractivity contribution in [3.8, 4) is 17.3 Å². The molecule has 27 heavy (non-hydrogen) atoms. The lowest BCUT2D eigenvalue weighted by Crippen LogP contribution is -2.45. The lowest BCUT2D eigenvalue weighted by molar-refractivity contribution is -0.622. The molecule has 1 aromatic heterocycles. The molecule has 2 aromatic carbocycles. The summed E-state index contributed by atoms with van der Waals surface area (Å²) in [6.45, 7) is 3.58. The van der Waals surface area contributed by atoms with Crippen LogP contribution < -0.4 is 14.4 Å². The molecule has 0 N–H and O–H groups in total. The molecule has 0 amide bonds. The number of piperazine rings is 1. The molecule has 1 aliphatic heterocycles. The average molecular weight is 361 g/mol. The minimum Gasteiger partial charge on any atom is -0.617 e. The van der Waals surface area contributed by atoms with Crippen LogP contribution >= 0.6 is 0 Å². The SMILES string of the molecule is CN1CCN(c2ccc3c(c2)[n+]([O-])c(C#N)c(-c2ccccc2)[n+]3[O-])CC1. The number of anilines is 1. The Kier molecular flexibility index (Phi) is 4.26. The number of aromatic nitrogens is 2. The molecule has 0 radical (unpaired) electrons. The van der Waals surface area contributed by atoms with Crippen molar-refractivity contribution >= 4 is 16.7 Å². The number of benzene rings is 2. The molecule has 7 heteroatoms. The number of fused-ring (bicyclic) bond motifs is 1. The molecule has 0 atom stereocenters. The second-order valence-electron chi connectivity index (χ2n) is 6.73. The van der Waals surface area contributed by atoms with E-state index in [-0.39, 0.29) is 22.4 Å². The van der Waals surface area contributed by atoms with Gasteiger partial charge in [-0.25, -0.2) is 0 Å². The van der Waals surface area contributed by atoms with Crippen molar-refractivity contribution < 1.29 is 9.46 Å². The Balaban J connectivity index is 1.89. The van der Waals surface area contributed by atoms with E-state index >= 15 is 0 Å². The number of rotatable bonds is 2. The first-order valence-electron chi connectivity index (χ1n) is 8.82. The zero-order chi connectivity index (χ0) is 19.0. The monoisotopic (exact) mass is 361 g/mol. The zero-order valence-electron chi connectivity index (χ0n) is 15.0. The summed E-state index contributed by atoms with van der Waals surface area (Å²) in [7, 11) is 2.08. The number of nitriles is 1. The van der Waals surface area contributed by atoms with Crippen molar-refractivity contribution in [3.63, 3.8) is 0 Å². The summed E-state index contributed by atoms with van der Waals surface area (Å²) < 4.78 is 1.26. The number of likely N-dealkylation sites (N-methyl/N-ethyl adjacent to an activating group) is 1. The molecule has 0 spiro atoms. The van der Waals surface area contributed by atoms with Crippen molar-refractivity contribution in [2.24, 2.45) is 0 Å². The van der Waals surface area contributed by atoms with E-state index < -0.39 is 0 Å². The summed E-state index contributed by atoms with van der Waals surface area (Å²) in [5, 5.41) is 35.4. The molecule has 0 aliphatic carbocycles. The first-order valence-corrected chi connectivity index (χ1v) is 8.82. The number of nitrogens with zero attached hydrogens (tertiary/aromatic N) is 5. The molecular formula is C20H19N5O2.